The highest BCUT2D eigenvalue weighted by atomic mass is 35.5. The van der Waals surface area contributed by atoms with E-state index in [0.29, 0.717) is 11.3 Å². The molecule has 0 unspecified atom stereocenters. The van der Waals surface area contributed by atoms with Crippen LogP contribution in [-0.4, -0.2) is 15.9 Å². The predicted molar refractivity (Wildman–Crippen MR) is 96.2 cm³/mol. The molecule has 2 aromatic heterocycles. The number of aromatic nitrogens is 2. The monoisotopic (exact) mass is 392 g/mol. The van der Waals surface area contributed by atoms with Gasteiger partial charge in [-0.1, -0.05) is 11.6 Å². The molecule has 0 aliphatic carbocycles. The molecule has 3 rings (SSSR count). The molecule has 0 fully saturated rings. The molecule has 0 saturated carbocycles. The van der Waals surface area contributed by atoms with Crippen LogP contribution in [0.5, 0.6) is 0 Å². The third kappa shape index (κ3) is 4.73. The molecule has 3 aromatic rings. The van der Waals surface area contributed by atoms with Crippen molar-refractivity contribution in [1.29, 1.82) is 0 Å². The van der Waals surface area contributed by atoms with Crippen LogP contribution < -0.4 is 10.6 Å². The van der Waals surface area contributed by atoms with Gasteiger partial charge in [-0.2, -0.15) is 13.2 Å². The summed E-state index contributed by atoms with van der Waals surface area (Å²) in [5.41, 5.74) is 0.0657. The Bertz CT molecular complexity index is 947. The molecule has 27 heavy (non-hydrogen) atoms. The number of nitrogens with zero attached hydrogens (tertiary/aromatic N) is 2. The molecule has 0 saturated heterocycles. The summed E-state index contributed by atoms with van der Waals surface area (Å²) in [6.07, 6.45) is -0.134. The van der Waals surface area contributed by atoms with Gasteiger partial charge in [0.2, 0.25) is 0 Å². The van der Waals surface area contributed by atoms with Crippen molar-refractivity contribution in [3.05, 3.63) is 77.2 Å². The summed E-state index contributed by atoms with van der Waals surface area (Å²) in [5, 5.41) is 5.51. The fourth-order valence-electron chi connectivity index (χ4n) is 2.18. The zero-order valence-electron chi connectivity index (χ0n) is 13.6. The van der Waals surface area contributed by atoms with E-state index in [4.69, 9.17) is 11.6 Å². The van der Waals surface area contributed by atoms with Gasteiger partial charge < -0.3 is 10.6 Å². The highest BCUT2D eigenvalue weighted by molar-refractivity contribution is 6.33. The second-order valence-corrected chi connectivity index (χ2v) is 5.85. The number of hydrogen-bond acceptors (Lipinski definition) is 4. The number of nitrogens with one attached hydrogen (secondary N) is 2. The largest absolute Gasteiger partial charge is 0.416 e. The van der Waals surface area contributed by atoms with E-state index in [-0.39, 0.29) is 22.4 Å². The van der Waals surface area contributed by atoms with Crippen LogP contribution in [0.15, 0.2) is 61.1 Å². The third-order valence-corrected chi connectivity index (χ3v) is 3.83. The van der Waals surface area contributed by atoms with Crippen LogP contribution in [0.2, 0.25) is 5.02 Å². The summed E-state index contributed by atoms with van der Waals surface area (Å²) in [5.74, 6) is -0.0956. The summed E-state index contributed by atoms with van der Waals surface area (Å²) < 4.78 is 38.5. The van der Waals surface area contributed by atoms with Gasteiger partial charge in [0, 0.05) is 12.4 Å². The number of anilines is 3. The Hall–Kier alpha value is -3.13. The molecule has 0 radical (unpaired) electrons. The maximum atomic E-state index is 12.8. The number of pyridine rings is 2. The van der Waals surface area contributed by atoms with Gasteiger partial charge in [-0.25, -0.2) is 4.98 Å². The fourth-order valence-corrected chi connectivity index (χ4v) is 2.35. The molecule has 0 aliphatic heterocycles. The number of benzene rings is 1. The quantitative estimate of drug-likeness (QED) is 0.644. The number of carbonyl (C=O) groups excluding carboxylic acids is 1. The van der Waals surface area contributed by atoms with E-state index < -0.39 is 11.7 Å². The number of amides is 1. The van der Waals surface area contributed by atoms with Gasteiger partial charge in [0.1, 0.15) is 5.82 Å². The summed E-state index contributed by atoms with van der Waals surface area (Å²) >= 11 is 5.95. The predicted octanol–water partition coefficient (Wildman–Crippen LogP) is 5.14. The first kappa shape index (κ1) is 18.7. The van der Waals surface area contributed by atoms with Crippen LogP contribution in [0.3, 0.4) is 0 Å². The summed E-state index contributed by atoms with van der Waals surface area (Å²) in [6.45, 7) is 0. The Balaban J connectivity index is 1.72. The van der Waals surface area contributed by atoms with Crippen LogP contribution in [0, 0.1) is 0 Å². The lowest BCUT2D eigenvalue weighted by Crippen LogP contribution is -2.13. The van der Waals surface area contributed by atoms with Crippen molar-refractivity contribution >= 4 is 34.7 Å². The van der Waals surface area contributed by atoms with Crippen LogP contribution in [-0.2, 0) is 6.18 Å². The van der Waals surface area contributed by atoms with E-state index in [9.17, 15) is 18.0 Å². The van der Waals surface area contributed by atoms with Gasteiger partial charge in [-0.3, -0.25) is 9.78 Å². The molecular weight excluding hydrogens is 381 g/mol. The van der Waals surface area contributed by atoms with Crippen LogP contribution in [0.25, 0.3) is 0 Å². The Kier molecular flexibility index (Phi) is 5.27. The van der Waals surface area contributed by atoms with Crippen molar-refractivity contribution in [3.8, 4) is 0 Å². The number of alkyl halides is 3. The maximum absolute atomic E-state index is 12.8. The van der Waals surface area contributed by atoms with Gasteiger partial charge in [-0.15, -0.1) is 0 Å². The number of rotatable bonds is 4. The van der Waals surface area contributed by atoms with E-state index in [2.05, 4.69) is 20.6 Å². The fraction of sp³-hybridized carbons (Fsp3) is 0.0556. The van der Waals surface area contributed by atoms with Gasteiger partial charge in [0.15, 0.2) is 0 Å². The lowest BCUT2D eigenvalue weighted by Gasteiger charge is -2.12. The molecular formula is C18H12ClF3N4O. The first-order chi connectivity index (χ1) is 12.8. The summed E-state index contributed by atoms with van der Waals surface area (Å²) in [6, 6.07) is 9.30. The van der Waals surface area contributed by atoms with Crippen molar-refractivity contribution in [1.82, 2.24) is 9.97 Å². The van der Waals surface area contributed by atoms with Crippen LogP contribution in [0.1, 0.15) is 15.9 Å². The smallest absolute Gasteiger partial charge is 0.353 e. The van der Waals surface area contributed by atoms with E-state index >= 15 is 0 Å². The molecule has 0 atom stereocenters. The number of hydrogen-bond donors (Lipinski definition) is 2. The standard InChI is InChI=1S/C18H12ClF3N4O/c19-14-5-3-12(18(20,21)22)8-15(14)25-13-4-6-16(24-10-13)26-17(27)11-2-1-7-23-9-11/h1-10,25H,(H,24,26,27). The van der Waals surface area contributed by atoms with Crippen molar-refractivity contribution in [2.45, 2.75) is 6.18 Å². The molecule has 9 heteroatoms. The Labute approximate surface area is 157 Å². The van der Waals surface area contributed by atoms with Gasteiger partial charge in [0.25, 0.3) is 5.91 Å². The molecule has 2 heterocycles. The van der Waals surface area contributed by atoms with E-state index in [1.54, 1.807) is 24.4 Å². The van der Waals surface area contributed by atoms with Gasteiger partial charge in [-0.05, 0) is 42.5 Å². The van der Waals surface area contributed by atoms with Crippen molar-refractivity contribution in [2.75, 3.05) is 10.6 Å². The molecule has 0 bridgehead atoms. The normalized spacial score (nSPS) is 11.1. The first-order valence-corrected chi connectivity index (χ1v) is 8.02. The van der Waals surface area contributed by atoms with E-state index in [1.807, 2.05) is 0 Å². The minimum Gasteiger partial charge on any atom is -0.353 e. The Morgan fingerprint density at radius 1 is 1.07 bits per heavy atom. The molecule has 1 aromatic carbocycles. The Morgan fingerprint density at radius 2 is 1.89 bits per heavy atom. The Morgan fingerprint density at radius 3 is 2.52 bits per heavy atom. The maximum Gasteiger partial charge on any atom is 0.416 e. The zero-order valence-corrected chi connectivity index (χ0v) is 14.3. The lowest BCUT2D eigenvalue weighted by atomic mass is 10.2. The van der Waals surface area contributed by atoms with E-state index in [0.717, 1.165) is 12.1 Å². The summed E-state index contributed by atoms with van der Waals surface area (Å²) in [7, 11) is 0. The van der Waals surface area contributed by atoms with Crippen LogP contribution in [0.4, 0.5) is 30.4 Å². The topological polar surface area (TPSA) is 66.9 Å². The van der Waals surface area contributed by atoms with Crippen molar-refractivity contribution < 1.29 is 18.0 Å². The molecule has 138 valence electrons. The van der Waals surface area contributed by atoms with Crippen molar-refractivity contribution in [3.63, 3.8) is 0 Å². The molecule has 0 aliphatic rings. The van der Waals surface area contributed by atoms with Gasteiger partial charge in [0.05, 0.1) is 33.7 Å². The van der Waals surface area contributed by atoms with Crippen LogP contribution >= 0.6 is 11.6 Å². The minimum atomic E-state index is -4.47. The van der Waals surface area contributed by atoms with Gasteiger partial charge >= 0.3 is 6.18 Å². The second kappa shape index (κ2) is 7.63. The highest BCUT2D eigenvalue weighted by Crippen LogP contribution is 2.34. The number of halogens is 4. The molecule has 5 nitrogen and oxygen atoms in total. The second-order valence-electron chi connectivity index (χ2n) is 5.45. The molecule has 0 spiro atoms. The lowest BCUT2D eigenvalue weighted by molar-refractivity contribution is -0.137. The summed E-state index contributed by atoms with van der Waals surface area (Å²) in [4.78, 5) is 20.0. The average Bonchev–Trinajstić information content (AvgIpc) is 2.65. The SMILES string of the molecule is O=C(Nc1ccc(Nc2cc(C(F)(F)F)ccc2Cl)cn1)c1cccnc1. The minimum absolute atomic E-state index is 0.0976. The first-order valence-electron chi connectivity index (χ1n) is 7.64. The van der Waals surface area contributed by atoms with Crippen molar-refractivity contribution in [2.24, 2.45) is 0 Å². The highest BCUT2D eigenvalue weighted by Gasteiger charge is 2.31. The molecule has 1 amide bonds. The zero-order chi connectivity index (χ0) is 19.4. The average molecular weight is 393 g/mol. The third-order valence-electron chi connectivity index (χ3n) is 3.50. The van der Waals surface area contributed by atoms with E-state index in [1.165, 1.54) is 24.5 Å². The number of carbonyl (C=O) groups is 1. The molecule has 2 N–H and O–H groups in total.